The highest BCUT2D eigenvalue weighted by molar-refractivity contribution is 7.85. The van der Waals surface area contributed by atoms with Gasteiger partial charge in [0.05, 0.1) is 27.1 Å². The molecular formula is C21H26ClN7O3S. The Morgan fingerprint density at radius 2 is 2.03 bits per heavy atom. The van der Waals surface area contributed by atoms with Crippen LogP contribution in [0.3, 0.4) is 0 Å². The number of aromatic nitrogens is 4. The third kappa shape index (κ3) is 5.41. The smallest absolute Gasteiger partial charge is 0.406 e. The molecule has 2 aromatic heterocycles. The van der Waals surface area contributed by atoms with Gasteiger partial charge in [-0.2, -0.15) is 4.98 Å². The summed E-state index contributed by atoms with van der Waals surface area (Å²) < 4.78 is 17.9. The van der Waals surface area contributed by atoms with Crippen LogP contribution in [0.1, 0.15) is 31.8 Å². The summed E-state index contributed by atoms with van der Waals surface area (Å²) in [7, 11) is 0.337. The van der Waals surface area contributed by atoms with Gasteiger partial charge in [0.2, 0.25) is 5.95 Å². The highest BCUT2D eigenvalue weighted by atomic mass is 35.5. The normalized spacial score (nSPS) is 17.9. The molecule has 176 valence electrons. The van der Waals surface area contributed by atoms with Crippen LogP contribution >= 0.6 is 11.6 Å². The summed E-state index contributed by atoms with van der Waals surface area (Å²) in [6.45, 7) is 5.20. The first-order valence-corrected chi connectivity index (χ1v) is 12.3. The van der Waals surface area contributed by atoms with Crippen LogP contribution in [0.5, 0.6) is 0 Å². The van der Waals surface area contributed by atoms with Crippen LogP contribution < -0.4 is 15.5 Å². The summed E-state index contributed by atoms with van der Waals surface area (Å²) in [6.07, 6.45) is 6.11. The van der Waals surface area contributed by atoms with Gasteiger partial charge in [0, 0.05) is 44.7 Å². The SMILES string of the molecule is CNC(=O)OCC(C)(C)Nc1nc(N2CC=C(c3ncc(Cl)cn3)CC2)nc2c1[S@](=O)CC2. The monoisotopic (exact) mass is 491 g/mol. The molecule has 0 radical (unpaired) electrons. The van der Waals surface area contributed by atoms with Crippen molar-refractivity contribution in [2.24, 2.45) is 0 Å². The van der Waals surface area contributed by atoms with Crippen molar-refractivity contribution in [3.8, 4) is 0 Å². The number of carbonyl (C=O) groups is 1. The van der Waals surface area contributed by atoms with Crippen molar-refractivity contribution in [3.63, 3.8) is 0 Å². The minimum absolute atomic E-state index is 0.115. The Bertz CT molecular complexity index is 1110. The number of fused-ring (bicyclic) bond motifs is 1. The first-order valence-electron chi connectivity index (χ1n) is 10.6. The van der Waals surface area contributed by atoms with E-state index in [4.69, 9.17) is 26.3 Å². The Labute approximate surface area is 199 Å². The molecule has 2 N–H and O–H groups in total. The zero-order chi connectivity index (χ0) is 23.6. The van der Waals surface area contributed by atoms with Gasteiger partial charge in [0.15, 0.2) is 5.82 Å². The third-order valence-corrected chi connectivity index (χ3v) is 6.95. The van der Waals surface area contributed by atoms with Crippen LogP contribution in [0.2, 0.25) is 5.02 Å². The Kier molecular flexibility index (Phi) is 6.80. The van der Waals surface area contributed by atoms with Crippen molar-refractivity contribution in [2.45, 2.75) is 37.1 Å². The Morgan fingerprint density at radius 3 is 2.70 bits per heavy atom. The number of hydrogen-bond acceptors (Lipinski definition) is 9. The fourth-order valence-electron chi connectivity index (χ4n) is 3.62. The van der Waals surface area contributed by atoms with Gasteiger partial charge < -0.3 is 20.3 Å². The molecule has 10 nitrogen and oxygen atoms in total. The number of anilines is 2. The van der Waals surface area contributed by atoms with E-state index >= 15 is 0 Å². The summed E-state index contributed by atoms with van der Waals surface area (Å²) in [4.78, 5) is 32.3. The standard InChI is InChI=1S/C21H26ClN7O3S/c1-21(2,12-32-20(30)23-3)28-18-16-15(6-9-33(16)31)26-19(27-18)29-7-4-13(5-8-29)17-24-10-14(22)11-25-17/h4,10-11H,5-9,12H2,1-3H3,(H,23,30)(H,26,27,28)/t33-/m1/s1. The van der Waals surface area contributed by atoms with E-state index in [1.165, 1.54) is 7.05 Å². The summed E-state index contributed by atoms with van der Waals surface area (Å²) in [5, 5.41) is 6.26. The van der Waals surface area contributed by atoms with Gasteiger partial charge in [-0.1, -0.05) is 17.7 Å². The maximum Gasteiger partial charge on any atom is 0.406 e. The van der Waals surface area contributed by atoms with Gasteiger partial charge in [-0.25, -0.2) is 19.7 Å². The van der Waals surface area contributed by atoms with Crippen LogP contribution in [-0.2, 0) is 22.0 Å². The predicted molar refractivity (Wildman–Crippen MR) is 127 cm³/mol. The van der Waals surface area contributed by atoms with Crippen molar-refractivity contribution < 1.29 is 13.7 Å². The predicted octanol–water partition coefficient (Wildman–Crippen LogP) is 2.42. The maximum atomic E-state index is 12.6. The number of aryl methyl sites for hydroxylation is 1. The molecule has 0 saturated heterocycles. The topological polar surface area (TPSA) is 122 Å². The maximum absolute atomic E-state index is 12.6. The lowest BCUT2D eigenvalue weighted by Gasteiger charge is -2.29. The van der Waals surface area contributed by atoms with E-state index in [1.54, 1.807) is 12.4 Å². The molecule has 4 heterocycles. The van der Waals surface area contributed by atoms with Gasteiger partial charge in [0.1, 0.15) is 17.3 Å². The summed E-state index contributed by atoms with van der Waals surface area (Å²) in [6, 6.07) is 0. The molecule has 2 aliphatic rings. The second-order valence-electron chi connectivity index (χ2n) is 8.43. The van der Waals surface area contributed by atoms with Crippen LogP contribution in [0.15, 0.2) is 23.4 Å². The number of nitrogens with one attached hydrogen (secondary N) is 2. The second-order valence-corrected chi connectivity index (χ2v) is 10.4. The van der Waals surface area contributed by atoms with Gasteiger partial charge >= 0.3 is 6.09 Å². The average molecular weight is 492 g/mol. The number of nitrogens with zero attached hydrogens (tertiary/aromatic N) is 5. The zero-order valence-electron chi connectivity index (χ0n) is 18.7. The molecule has 4 rings (SSSR count). The van der Waals surface area contributed by atoms with Gasteiger partial charge in [-0.3, -0.25) is 4.21 Å². The van der Waals surface area contributed by atoms with Gasteiger partial charge in [-0.15, -0.1) is 0 Å². The van der Waals surface area contributed by atoms with Crippen LogP contribution in [0, 0.1) is 0 Å². The number of amides is 1. The van der Waals surface area contributed by atoms with E-state index in [0.29, 0.717) is 52.8 Å². The van der Waals surface area contributed by atoms with Crippen molar-refractivity contribution in [2.75, 3.05) is 42.7 Å². The lowest BCUT2D eigenvalue weighted by Crippen LogP contribution is -2.39. The summed E-state index contributed by atoms with van der Waals surface area (Å²) >= 11 is 5.89. The van der Waals surface area contributed by atoms with Crippen molar-refractivity contribution in [1.82, 2.24) is 25.3 Å². The Hall–Kier alpha value is -2.79. The summed E-state index contributed by atoms with van der Waals surface area (Å²) in [5.41, 5.74) is 1.22. The molecule has 1 atom stereocenters. The fraction of sp³-hybridized carbons (Fsp3) is 0.476. The van der Waals surface area contributed by atoms with E-state index in [-0.39, 0.29) is 6.61 Å². The lowest BCUT2D eigenvalue weighted by molar-refractivity contribution is 0.131. The molecule has 2 aromatic rings. The Morgan fingerprint density at radius 1 is 1.27 bits per heavy atom. The molecule has 0 spiro atoms. The van der Waals surface area contributed by atoms with E-state index in [9.17, 15) is 9.00 Å². The number of ether oxygens (including phenoxy) is 1. The molecule has 2 aliphatic heterocycles. The number of alkyl carbamates (subject to hydrolysis) is 1. The molecule has 12 heteroatoms. The van der Waals surface area contributed by atoms with Crippen molar-refractivity contribution in [3.05, 3.63) is 35.0 Å². The number of hydrogen-bond donors (Lipinski definition) is 2. The molecule has 0 aromatic carbocycles. The first-order chi connectivity index (χ1) is 15.8. The van der Waals surface area contributed by atoms with Crippen molar-refractivity contribution >= 4 is 45.8 Å². The molecule has 1 amide bonds. The second kappa shape index (κ2) is 9.60. The quantitative estimate of drug-likeness (QED) is 0.627. The minimum atomic E-state index is -1.17. The highest BCUT2D eigenvalue weighted by Gasteiger charge is 2.31. The largest absolute Gasteiger partial charge is 0.447 e. The van der Waals surface area contributed by atoms with E-state index in [1.807, 2.05) is 13.8 Å². The first kappa shape index (κ1) is 23.4. The molecule has 0 saturated carbocycles. The molecule has 0 aliphatic carbocycles. The third-order valence-electron chi connectivity index (χ3n) is 5.30. The zero-order valence-corrected chi connectivity index (χ0v) is 20.3. The summed E-state index contributed by atoms with van der Waals surface area (Å²) in [5.74, 6) is 2.29. The van der Waals surface area contributed by atoms with Crippen molar-refractivity contribution in [1.29, 1.82) is 0 Å². The van der Waals surface area contributed by atoms with Crippen LogP contribution in [-0.4, -0.2) is 68.3 Å². The fourth-order valence-corrected chi connectivity index (χ4v) is 5.02. The number of rotatable bonds is 6. The van der Waals surface area contributed by atoms with E-state index in [2.05, 4.69) is 31.6 Å². The Balaban J connectivity index is 1.56. The van der Waals surface area contributed by atoms with E-state index < -0.39 is 22.4 Å². The van der Waals surface area contributed by atoms with Gasteiger partial charge in [-0.05, 0) is 25.8 Å². The number of halogens is 1. The molecule has 0 fully saturated rings. The molecular weight excluding hydrogens is 466 g/mol. The minimum Gasteiger partial charge on any atom is -0.447 e. The van der Waals surface area contributed by atoms with E-state index in [0.717, 1.165) is 17.7 Å². The molecule has 0 unspecified atom stereocenters. The van der Waals surface area contributed by atoms with Crippen LogP contribution in [0.4, 0.5) is 16.6 Å². The average Bonchev–Trinajstić information content (AvgIpc) is 3.19. The number of carbonyl (C=O) groups excluding carboxylic acids is 1. The highest BCUT2D eigenvalue weighted by Crippen LogP contribution is 2.32. The molecule has 33 heavy (non-hydrogen) atoms. The van der Waals surface area contributed by atoms with Crippen LogP contribution in [0.25, 0.3) is 5.57 Å². The lowest BCUT2D eigenvalue weighted by atomic mass is 10.1. The molecule has 0 bridgehead atoms. The van der Waals surface area contributed by atoms with Gasteiger partial charge in [0.25, 0.3) is 0 Å².